The summed E-state index contributed by atoms with van der Waals surface area (Å²) < 4.78 is 0. The molecule has 0 aliphatic heterocycles. The third-order valence-electron chi connectivity index (χ3n) is 2.90. The summed E-state index contributed by atoms with van der Waals surface area (Å²) in [4.78, 5) is 18.0. The van der Waals surface area contributed by atoms with E-state index in [-0.39, 0.29) is 22.9 Å². The van der Waals surface area contributed by atoms with E-state index < -0.39 is 5.92 Å². The lowest BCUT2D eigenvalue weighted by Crippen LogP contribution is -2.41. The van der Waals surface area contributed by atoms with Crippen LogP contribution < -0.4 is 11.1 Å². The number of thiocarbonyl (C=S) groups is 1. The predicted octanol–water partition coefficient (Wildman–Crippen LogP) is 2.44. The Hall–Kier alpha value is -1.01. The Morgan fingerprint density at radius 1 is 1.53 bits per heavy atom. The van der Waals surface area contributed by atoms with Gasteiger partial charge in [-0.05, 0) is 19.3 Å². The smallest absolute Gasteiger partial charge is 0.230 e. The van der Waals surface area contributed by atoms with Gasteiger partial charge in [-0.3, -0.25) is 4.79 Å². The molecule has 2 unspecified atom stereocenters. The van der Waals surface area contributed by atoms with Crippen LogP contribution in [0.4, 0.5) is 0 Å². The molecule has 0 aliphatic carbocycles. The molecule has 0 spiro atoms. The first-order chi connectivity index (χ1) is 8.86. The minimum atomic E-state index is -0.428. The highest BCUT2D eigenvalue weighted by atomic mass is 32.1. The summed E-state index contributed by atoms with van der Waals surface area (Å²) in [6.07, 6.45) is 2.82. The number of carbonyl (C=O) groups is 1. The van der Waals surface area contributed by atoms with Crippen molar-refractivity contribution in [3.8, 4) is 0 Å². The molecule has 0 saturated carbocycles. The van der Waals surface area contributed by atoms with Gasteiger partial charge in [-0.25, -0.2) is 4.98 Å². The van der Waals surface area contributed by atoms with Gasteiger partial charge in [0.25, 0.3) is 0 Å². The molecule has 0 saturated heterocycles. The lowest BCUT2D eigenvalue weighted by molar-refractivity contribution is -0.124. The van der Waals surface area contributed by atoms with E-state index in [0.29, 0.717) is 0 Å². The molecule has 0 fully saturated rings. The zero-order valence-electron chi connectivity index (χ0n) is 11.8. The summed E-state index contributed by atoms with van der Waals surface area (Å²) >= 11 is 6.59. The Bertz CT molecular complexity index is 456. The monoisotopic (exact) mass is 299 g/mol. The van der Waals surface area contributed by atoms with Crippen LogP contribution in [0.3, 0.4) is 0 Å². The van der Waals surface area contributed by atoms with Crippen LogP contribution in [0.25, 0.3) is 0 Å². The van der Waals surface area contributed by atoms with Crippen LogP contribution in [0.1, 0.15) is 43.6 Å². The van der Waals surface area contributed by atoms with Gasteiger partial charge in [-0.15, -0.1) is 11.3 Å². The molecule has 106 valence electrons. The molecule has 1 aromatic rings. The zero-order chi connectivity index (χ0) is 14.6. The fraction of sp³-hybridized carbons (Fsp3) is 0.615. The lowest BCUT2D eigenvalue weighted by atomic mass is 9.95. The van der Waals surface area contributed by atoms with Gasteiger partial charge in [-0.1, -0.05) is 33.0 Å². The molecule has 19 heavy (non-hydrogen) atoms. The van der Waals surface area contributed by atoms with Crippen molar-refractivity contribution in [3.05, 3.63) is 16.1 Å². The Labute approximate surface area is 123 Å². The van der Waals surface area contributed by atoms with Gasteiger partial charge in [0.15, 0.2) is 0 Å². The number of hydrogen-bond acceptors (Lipinski definition) is 4. The average Bonchev–Trinajstić information content (AvgIpc) is 2.75. The first kappa shape index (κ1) is 16.0. The predicted molar refractivity (Wildman–Crippen MR) is 83.2 cm³/mol. The third kappa shape index (κ3) is 4.24. The van der Waals surface area contributed by atoms with Crippen molar-refractivity contribution in [3.63, 3.8) is 0 Å². The summed E-state index contributed by atoms with van der Waals surface area (Å²) in [5.74, 6) is -0.460. The first-order valence-corrected chi connectivity index (χ1v) is 7.63. The van der Waals surface area contributed by atoms with E-state index in [4.69, 9.17) is 18.0 Å². The van der Waals surface area contributed by atoms with E-state index in [1.807, 2.05) is 27.0 Å². The quantitative estimate of drug-likeness (QED) is 0.792. The van der Waals surface area contributed by atoms with Crippen LogP contribution in [-0.4, -0.2) is 15.9 Å². The maximum absolute atomic E-state index is 12.2. The number of amides is 1. The molecular formula is C13H21N3OS2. The van der Waals surface area contributed by atoms with E-state index in [2.05, 4.69) is 17.2 Å². The van der Waals surface area contributed by atoms with Crippen LogP contribution in [0, 0.1) is 11.8 Å². The number of rotatable bonds is 6. The summed E-state index contributed by atoms with van der Waals surface area (Å²) in [7, 11) is 0. The Balaban J connectivity index is 2.72. The van der Waals surface area contributed by atoms with Gasteiger partial charge in [0, 0.05) is 11.1 Å². The van der Waals surface area contributed by atoms with Crippen molar-refractivity contribution in [2.45, 2.75) is 40.2 Å². The highest BCUT2D eigenvalue weighted by molar-refractivity contribution is 7.80. The molecule has 2 atom stereocenters. The van der Waals surface area contributed by atoms with Crippen molar-refractivity contribution in [1.29, 1.82) is 0 Å². The molecule has 6 heteroatoms. The molecule has 0 radical (unpaired) electrons. The van der Waals surface area contributed by atoms with E-state index in [1.165, 1.54) is 4.88 Å². The van der Waals surface area contributed by atoms with E-state index in [9.17, 15) is 4.79 Å². The molecule has 1 rings (SSSR count). The second kappa shape index (κ2) is 6.96. The van der Waals surface area contributed by atoms with Gasteiger partial charge in [0.1, 0.15) is 5.01 Å². The number of aromatic nitrogens is 1. The summed E-state index contributed by atoms with van der Waals surface area (Å²) in [6, 6.07) is -0.117. The van der Waals surface area contributed by atoms with Gasteiger partial charge in [0.05, 0.1) is 16.9 Å². The summed E-state index contributed by atoms with van der Waals surface area (Å²) in [5, 5.41) is 3.85. The van der Waals surface area contributed by atoms with Crippen molar-refractivity contribution in [2.24, 2.45) is 17.6 Å². The normalized spacial score (nSPS) is 14.2. The minimum Gasteiger partial charge on any atom is -0.393 e. The number of thiazole rings is 1. The molecule has 1 heterocycles. The largest absolute Gasteiger partial charge is 0.393 e. The fourth-order valence-electron chi connectivity index (χ4n) is 1.81. The molecule has 0 aromatic carbocycles. The van der Waals surface area contributed by atoms with Gasteiger partial charge in [-0.2, -0.15) is 0 Å². The van der Waals surface area contributed by atoms with Crippen LogP contribution >= 0.6 is 23.6 Å². The molecule has 4 nitrogen and oxygen atoms in total. The van der Waals surface area contributed by atoms with Crippen LogP contribution in [-0.2, 0) is 11.2 Å². The first-order valence-electron chi connectivity index (χ1n) is 6.41. The van der Waals surface area contributed by atoms with Crippen LogP contribution in [0.15, 0.2) is 6.20 Å². The van der Waals surface area contributed by atoms with Crippen molar-refractivity contribution < 1.29 is 4.79 Å². The third-order valence-corrected chi connectivity index (χ3v) is 4.48. The van der Waals surface area contributed by atoms with E-state index >= 15 is 0 Å². The molecule has 1 aromatic heterocycles. The Morgan fingerprint density at radius 3 is 2.58 bits per heavy atom. The molecule has 3 N–H and O–H groups in total. The number of nitrogens with one attached hydrogen (secondary N) is 1. The fourth-order valence-corrected chi connectivity index (χ4v) is 3.05. The highest BCUT2D eigenvalue weighted by Crippen LogP contribution is 2.21. The maximum Gasteiger partial charge on any atom is 0.230 e. The van der Waals surface area contributed by atoms with E-state index in [0.717, 1.165) is 11.4 Å². The van der Waals surface area contributed by atoms with Crippen LogP contribution in [0.2, 0.25) is 0 Å². The second-order valence-electron chi connectivity index (χ2n) is 4.87. The Kier molecular flexibility index (Phi) is 5.87. The van der Waals surface area contributed by atoms with Gasteiger partial charge in [0.2, 0.25) is 5.91 Å². The lowest BCUT2D eigenvalue weighted by Gasteiger charge is -2.21. The standard InChI is InChI=1S/C13H21N3OS2/c1-5-9-6-15-13(19-9)8(4)16-12(17)10(7(2)3)11(14)18/h6-8,10H,5H2,1-4H3,(H2,14,18)(H,16,17). The molecule has 0 bridgehead atoms. The SMILES string of the molecule is CCc1cnc(C(C)NC(=O)C(C(N)=S)C(C)C)s1. The number of nitrogens with two attached hydrogens (primary N) is 1. The van der Waals surface area contributed by atoms with Gasteiger partial charge < -0.3 is 11.1 Å². The molecular weight excluding hydrogens is 278 g/mol. The maximum atomic E-state index is 12.2. The van der Waals surface area contributed by atoms with Crippen molar-refractivity contribution in [1.82, 2.24) is 10.3 Å². The van der Waals surface area contributed by atoms with Crippen molar-refractivity contribution >= 4 is 34.5 Å². The molecule has 0 aliphatic rings. The number of hydrogen-bond donors (Lipinski definition) is 2. The summed E-state index contributed by atoms with van der Waals surface area (Å²) in [6.45, 7) is 7.88. The summed E-state index contributed by atoms with van der Waals surface area (Å²) in [5.41, 5.74) is 5.64. The average molecular weight is 299 g/mol. The second-order valence-corrected chi connectivity index (χ2v) is 6.49. The van der Waals surface area contributed by atoms with Gasteiger partial charge >= 0.3 is 0 Å². The number of carbonyl (C=O) groups excluding carboxylic acids is 1. The minimum absolute atomic E-state index is 0.0900. The van der Waals surface area contributed by atoms with E-state index in [1.54, 1.807) is 11.3 Å². The number of aryl methyl sites for hydroxylation is 1. The van der Waals surface area contributed by atoms with Crippen molar-refractivity contribution in [2.75, 3.05) is 0 Å². The molecule has 1 amide bonds. The number of nitrogens with zero attached hydrogens (tertiary/aromatic N) is 1. The highest BCUT2D eigenvalue weighted by Gasteiger charge is 2.26. The zero-order valence-corrected chi connectivity index (χ0v) is 13.4. The Morgan fingerprint density at radius 2 is 2.16 bits per heavy atom. The topological polar surface area (TPSA) is 68.0 Å². The van der Waals surface area contributed by atoms with Crippen LogP contribution in [0.5, 0.6) is 0 Å².